The molecule has 2 rings (SSSR count). The molecule has 0 radical (unpaired) electrons. The molecule has 0 aromatic heterocycles. The van der Waals surface area contributed by atoms with Crippen molar-refractivity contribution < 1.29 is 4.79 Å². The molecule has 1 aromatic rings. The van der Waals surface area contributed by atoms with E-state index in [4.69, 9.17) is 11.6 Å². The molecule has 0 bridgehead atoms. The number of amides is 1. The number of aryl methyl sites for hydroxylation is 1. The van der Waals surface area contributed by atoms with Gasteiger partial charge in [0.25, 0.3) is 5.91 Å². The molecule has 1 N–H and O–H groups in total. The highest BCUT2D eigenvalue weighted by atomic mass is 35.5. The van der Waals surface area contributed by atoms with Crippen molar-refractivity contribution in [3.05, 3.63) is 34.3 Å². The van der Waals surface area contributed by atoms with E-state index in [0.717, 1.165) is 16.6 Å². The zero-order chi connectivity index (χ0) is 13.7. The SMILES string of the molecule is Cc1ccc(C(=O)NCCSC2CCCC2)c(Cl)c1. The molecule has 1 aromatic carbocycles. The Hall–Kier alpha value is -0.670. The lowest BCUT2D eigenvalue weighted by Gasteiger charge is -2.10. The molecule has 0 heterocycles. The van der Waals surface area contributed by atoms with E-state index in [2.05, 4.69) is 5.32 Å². The molecular formula is C15H20ClNOS. The van der Waals surface area contributed by atoms with Crippen LogP contribution in [0.1, 0.15) is 41.6 Å². The second kappa shape index (κ2) is 7.20. The van der Waals surface area contributed by atoms with Crippen molar-refractivity contribution in [1.82, 2.24) is 5.32 Å². The maximum absolute atomic E-state index is 12.0. The van der Waals surface area contributed by atoms with Gasteiger partial charge in [0.1, 0.15) is 0 Å². The molecule has 4 heteroatoms. The van der Waals surface area contributed by atoms with Gasteiger partial charge in [-0.3, -0.25) is 4.79 Å². The van der Waals surface area contributed by atoms with Crippen molar-refractivity contribution in [2.45, 2.75) is 37.9 Å². The van der Waals surface area contributed by atoms with Crippen molar-refractivity contribution in [2.24, 2.45) is 0 Å². The van der Waals surface area contributed by atoms with Crippen molar-refractivity contribution in [2.75, 3.05) is 12.3 Å². The summed E-state index contributed by atoms with van der Waals surface area (Å²) in [5.74, 6) is 0.914. The van der Waals surface area contributed by atoms with Gasteiger partial charge in [-0.05, 0) is 37.5 Å². The van der Waals surface area contributed by atoms with Crippen LogP contribution in [0.5, 0.6) is 0 Å². The van der Waals surface area contributed by atoms with Gasteiger partial charge in [-0.15, -0.1) is 0 Å². The molecule has 104 valence electrons. The third-order valence-corrected chi connectivity index (χ3v) is 5.11. The number of thioether (sulfide) groups is 1. The summed E-state index contributed by atoms with van der Waals surface area (Å²) in [6.07, 6.45) is 5.40. The second-order valence-corrected chi connectivity index (χ2v) is 6.83. The molecule has 0 saturated heterocycles. The first kappa shape index (κ1) is 14.7. The molecule has 19 heavy (non-hydrogen) atoms. The predicted molar refractivity (Wildman–Crippen MR) is 83.2 cm³/mol. The predicted octanol–water partition coefficient (Wildman–Crippen LogP) is 4.05. The van der Waals surface area contributed by atoms with E-state index in [9.17, 15) is 4.79 Å². The Morgan fingerprint density at radius 1 is 1.42 bits per heavy atom. The third kappa shape index (κ3) is 4.43. The van der Waals surface area contributed by atoms with E-state index >= 15 is 0 Å². The Morgan fingerprint density at radius 2 is 2.16 bits per heavy atom. The first-order chi connectivity index (χ1) is 9.16. The van der Waals surface area contributed by atoms with Gasteiger partial charge in [-0.1, -0.05) is 30.5 Å². The van der Waals surface area contributed by atoms with E-state index < -0.39 is 0 Å². The smallest absolute Gasteiger partial charge is 0.252 e. The van der Waals surface area contributed by atoms with E-state index in [-0.39, 0.29) is 5.91 Å². The maximum atomic E-state index is 12.0. The van der Waals surface area contributed by atoms with Gasteiger partial charge in [0.05, 0.1) is 10.6 Å². The van der Waals surface area contributed by atoms with Crippen LogP contribution < -0.4 is 5.32 Å². The fraction of sp³-hybridized carbons (Fsp3) is 0.533. The first-order valence-electron chi connectivity index (χ1n) is 6.83. The Balaban J connectivity index is 1.74. The Kier molecular flexibility index (Phi) is 5.59. The summed E-state index contributed by atoms with van der Waals surface area (Å²) in [5, 5.41) is 4.27. The van der Waals surface area contributed by atoms with Gasteiger partial charge in [-0.2, -0.15) is 11.8 Å². The summed E-state index contributed by atoms with van der Waals surface area (Å²) in [7, 11) is 0. The van der Waals surface area contributed by atoms with Gasteiger partial charge >= 0.3 is 0 Å². The fourth-order valence-electron chi connectivity index (χ4n) is 2.34. The largest absolute Gasteiger partial charge is 0.351 e. The van der Waals surface area contributed by atoms with Gasteiger partial charge in [0.15, 0.2) is 0 Å². The quantitative estimate of drug-likeness (QED) is 0.831. The van der Waals surface area contributed by atoms with Crippen LogP contribution in [0.4, 0.5) is 0 Å². The Labute approximate surface area is 124 Å². The molecule has 0 aliphatic heterocycles. The van der Waals surface area contributed by atoms with Crippen molar-refractivity contribution in [1.29, 1.82) is 0 Å². The van der Waals surface area contributed by atoms with Crippen LogP contribution in [0.3, 0.4) is 0 Å². The summed E-state index contributed by atoms with van der Waals surface area (Å²) in [4.78, 5) is 12.0. The summed E-state index contributed by atoms with van der Waals surface area (Å²) in [5.41, 5.74) is 1.64. The standard InChI is InChI=1S/C15H20ClNOS/c1-11-6-7-13(14(16)10-11)15(18)17-8-9-19-12-4-2-3-5-12/h6-7,10,12H,2-5,8-9H2,1H3,(H,17,18). The minimum absolute atomic E-state index is 0.0722. The summed E-state index contributed by atoms with van der Waals surface area (Å²) in [6.45, 7) is 2.68. The Morgan fingerprint density at radius 3 is 2.84 bits per heavy atom. The molecule has 0 spiro atoms. The van der Waals surface area contributed by atoms with Crippen LogP contribution in [0.2, 0.25) is 5.02 Å². The van der Waals surface area contributed by atoms with E-state index in [1.807, 2.05) is 30.8 Å². The lowest BCUT2D eigenvalue weighted by molar-refractivity contribution is 0.0956. The van der Waals surface area contributed by atoms with Crippen LogP contribution in [-0.2, 0) is 0 Å². The third-order valence-electron chi connectivity index (χ3n) is 3.41. The number of nitrogens with one attached hydrogen (secondary N) is 1. The number of halogens is 1. The first-order valence-corrected chi connectivity index (χ1v) is 8.25. The summed E-state index contributed by atoms with van der Waals surface area (Å²) >= 11 is 8.05. The number of hydrogen-bond acceptors (Lipinski definition) is 2. The van der Waals surface area contributed by atoms with E-state index in [1.165, 1.54) is 25.7 Å². The van der Waals surface area contributed by atoms with Gasteiger partial charge in [-0.25, -0.2) is 0 Å². The van der Waals surface area contributed by atoms with Crippen LogP contribution in [0.15, 0.2) is 18.2 Å². The fourth-order valence-corrected chi connectivity index (χ4v) is 3.89. The van der Waals surface area contributed by atoms with Gasteiger partial charge in [0, 0.05) is 17.5 Å². The zero-order valence-electron chi connectivity index (χ0n) is 11.2. The topological polar surface area (TPSA) is 29.1 Å². The summed E-state index contributed by atoms with van der Waals surface area (Å²) < 4.78 is 0. The number of carbonyl (C=O) groups excluding carboxylic acids is 1. The number of hydrogen-bond donors (Lipinski definition) is 1. The van der Waals surface area contributed by atoms with Crippen LogP contribution in [0.25, 0.3) is 0 Å². The van der Waals surface area contributed by atoms with Gasteiger partial charge in [0.2, 0.25) is 0 Å². The molecule has 1 saturated carbocycles. The van der Waals surface area contributed by atoms with Crippen LogP contribution >= 0.6 is 23.4 Å². The molecule has 1 aliphatic rings. The minimum atomic E-state index is -0.0722. The highest BCUT2D eigenvalue weighted by molar-refractivity contribution is 7.99. The van der Waals surface area contributed by atoms with E-state index in [0.29, 0.717) is 17.1 Å². The van der Waals surface area contributed by atoms with Crippen molar-refractivity contribution >= 4 is 29.3 Å². The molecular weight excluding hydrogens is 278 g/mol. The average molecular weight is 298 g/mol. The average Bonchev–Trinajstić information content (AvgIpc) is 2.87. The van der Waals surface area contributed by atoms with Crippen molar-refractivity contribution in [3.63, 3.8) is 0 Å². The van der Waals surface area contributed by atoms with Crippen molar-refractivity contribution in [3.8, 4) is 0 Å². The van der Waals surface area contributed by atoms with E-state index in [1.54, 1.807) is 6.07 Å². The zero-order valence-corrected chi connectivity index (χ0v) is 12.8. The van der Waals surface area contributed by atoms with Gasteiger partial charge < -0.3 is 5.32 Å². The lowest BCUT2D eigenvalue weighted by Crippen LogP contribution is -2.26. The normalized spacial score (nSPS) is 15.7. The highest BCUT2D eigenvalue weighted by Gasteiger charge is 2.15. The Bertz CT molecular complexity index is 444. The number of benzene rings is 1. The molecule has 2 nitrogen and oxygen atoms in total. The molecule has 1 amide bonds. The molecule has 0 unspecified atom stereocenters. The molecule has 1 aliphatic carbocycles. The van der Waals surface area contributed by atoms with Crippen LogP contribution in [-0.4, -0.2) is 23.5 Å². The van der Waals surface area contributed by atoms with Crippen LogP contribution in [0, 0.1) is 6.92 Å². The summed E-state index contributed by atoms with van der Waals surface area (Å²) in [6, 6.07) is 5.52. The highest BCUT2D eigenvalue weighted by Crippen LogP contribution is 2.28. The molecule has 1 fully saturated rings. The minimum Gasteiger partial charge on any atom is -0.351 e. The second-order valence-electron chi connectivity index (χ2n) is 5.02. The monoisotopic (exact) mass is 297 g/mol. The number of rotatable bonds is 5. The number of carbonyl (C=O) groups is 1. The maximum Gasteiger partial charge on any atom is 0.252 e. The lowest BCUT2D eigenvalue weighted by atomic mass is 10.1. The molecule has 0 atom stereocenters.